The van der Waals surface area contributed by atoms with Crippen LogP contribution in [-0.2, 0) is 4.79 Å². The van der Waals surface area contributed by atoms with Crippen LogP contribution in [0.4, 0.5) is 4.79 Å². The first-order valence-electron chi connectivity index (χ1n) is 7.55. The minimum absolute atomic E-state index is 0.0909. The molecule has 0 aromatic carbocycles. The molecule has 0 spiro atoms. The number of hydrogen-bond acceptors (Lipinski definition) is 3. The van der Waals surface area contributed by atoms with Crippen LogP contribution in [0.5, 0.6) is 0 Å². The summed E-state index contributed by atoms with van der Waals surface area (Å²) in [5.74, 6) is 0.101. The predicted octanol–water partition coefficient (Wildman–Crippen LogP) is 2.20. The van der Waals surface area contributed by atoms with Gasteiger partial charge in [-0.25, -0.2) is 4.79 Å². The Balaban J connectivity index is 1.70. The van der Waals surface area contributed by atoms with Crippen molar-refractivity contribution < 1.29 is 9.59 Å². The van der Waals surface area contributed by atoms with Crippen molar-refractivity contribution in [1.29, 1.82) is 0 Å². The lowest BCUT2D eigenvalue weighted by atomic mass is 9.96. The van der Waals surface area contributed by atoms with Crippen LogP contribution >= 0.6 is 11.3 Å². The number of primary amides is 1. The predicted molar refractivity (Wildman–Crippen MR) is 81.9 cm³/mol. The zero-order valence-corrected chi connectivity index (χ0v) is 12.8. The molecule has 3 rings (SSSR count). The number of piperidine rings is 1. The van der Waals surface area contributed by atoms with E-state index in [1.165, 1.54) is 4.88 Å². The molecular formula is C15H21N3O2S. The number of carbonyl (C=O) groups is 2. The quantitative estimate of drug-likeness (QED) is 0.910. The largest absolute Gasteiger partial charge is 0.351 e. The van der Waals surface area contributed by atoms with Crippen molar-refractivity contribution in [2.24, 2.45) is 11.7 Å². The summed E-state index contributed by atoms with van der Waals surface area (Å²) >= 11 is 1.72. The average molecular weight is 307 g/mol. The first-order valence-corrected chi connectivity index (χ1v) is 8.43. The van der Waals surface area contributed by atoms with E-state index in [-0.39, 0.29) is 17.9 Å². The van der Waals surface area contributed by atoms with E-state index in [4.69, 9.17) is 5.73 Å². The van der Waals surface area contributed by atoms with Crippen LogP contribution in [0.1, 0.15) is 36.6 Å². The van der Waals surface area contributed by atoms with Gasteiger partial charge in [0, 0.05) is 24.5 Å². The van der Waals surface area contributed by atoms with E-state index in [0.29, 0.717) is 13.1 Å². The van der Waals surface area contributed by atoms with E-state index >= 15 is 0 Å². The minimum atomic E-state index is -0.413. The first-order chi connectivity index (χ1) is 10.2. The van der Waals surface area contributed by atoms with Crippen LogP contribution in [0.15, 0.2) is 17.5 Å². The second-order valence-electron chi connectivity index (χ2n) is 5.83. The smallest absolute Gasteiger partial charge is 0.314 e. The first kappa shape index (κ1) is 14.4. The molecule has 0 bridgehead atoms. The monoisotopic (exact) mass is 307 g/mol. The Labute approximate surface area is 128 Å². The molecule has 3 heterocycles. The second kappa shape index (κ2) is 6.05. The van der Waals surface area contributed by atoms with Gasteiger partial charge >= 0.3 is 6.03 Å². The van der Waals surface area contributed by atoms with E-state index in [1.54, 1.807) is 16.2 Å². The molecule has 2 N–H and O–H groups in total. The standard InChI is InChI=1S/C15H21N3O2S/c16-15(20)17-7-1-4-11(10-17)14(19)18-8-2-5-12(18)13-6-3-9-21-13/h3,6,9,11-12H,1-2,4-5,7-8,10H2,(H2,16,20)/t11-,12+/m0/s1. The van der Waals surface area contributed by atoms with Crippen LogP contribution < -0.4 is 5.73 Å². The molecule has 0 unspecified atom stereocenters. The fourth-order valence-electron chi connectivity index (χ4n) is 3.42. The molecular weight excluding hydrogens is 286 g/mol. The Morgan fingerprint density at radius 3 is 2.76 bits per heavy atom. The van der Waals surface area contributed by atoms with Crippen LogP contribution in [0.3, 0.4) is 0 Å². The van der Waals surface area contributed by atoms with E-state index < -0.39 is 6.03 Å². The van der Waals surface area contributed by atoms with Crippen LogP contribution in [0.2, 0.25) is 0 Å². The molecule has 21 heavy (non-hydrogen) atoms. The van der Waals surface area contributed by atoms with Crippen LogP contribution in [0.25, 0.3) is 0 Å². The van der Waals surface area contributed by atoms with Crippen LogP contribution in [0, 0.1) is 5.92 Å². The number of likely N-dealkylation sites (tertiary alicyclic amines) is 2. The normalized spacial score (nSPS) is 26.1. The molecule has 1 aromatic heterocycles. The van der Waals surface area contributed by atoms with E-state index in [2.05, 4.69) is 11.4 Å². The zero-order chi connectivity index (χ0) is 14.8. The number of urea groups is 1. The van der Waals surface area contributed by atoms with Crippen molar-refractivity contribution in [3.8, 4) is 0 Å². The third-order valence-electron chi connectivity index (χ3n) is 4.49. The highest BCUT2D eigenvalue weighted by Gasteiger charge is 2.36. The molecule has 2 atom stereocenters. The van der Waals surface area contributed by atoms with Gasteiger partial charge in [0.25, 0.3) is 0 Å². The number of nitrogens with two attached hydrogens (primary N) is 1. The number of nitrogens with zero attached hydrogens (tertiary/aromatic N) is 2. The second-order valence-corrected chi connectivity index (χ2v) is 6.81. The third kappa shape index (κ3) is 2.90. The van der Waals surface area contributed by atoms with Gasteiger partial charge in [-0.1, -0.05) is 6.07 Å². The summed E-state index contributed by atoms with van der Waals surface area (Å²) in [7, 11) is 0. The van der Waals surface area contributed by atoms with Gasteiger partial charge in [0.05, 0.1) is 12.0 Å². The molecule has 114 valence electrons. The fourth-order valence-corrected chi connectivity index (χ4v) is 4.29. The van der Waals surface area contributed by atoms with Gasteiger partial charge in [-0.15, -0.1) is 11.3 Å². The maximum Gasteiger partial charge on any atom is 0.314 e. The van der Waals surface area contributed by atoms with Crippen molar-refractivity contribution in [2.75, 3.05) is 19.6 Å². The summed E-state index contributed by atoms with van der Waals surface area (Å²) in [5.41, 5.74) is 5.35. The molecule has 0 saturated carbocycles. The Kier molecular flexibility index (Phi) is 4.14. The Morgan fingerprint density at radius 1 is 1.24 bits per heavy atom. The van der Waals surface area contributed by atoms with Gasteiger partial charge in [-0.2, -0.15) is 0 Å². The summed E-state index contributed by atoms with van der Waals surface area (Å²) in [6, 6.07) is 3.96. The minimum Gasteiger partial charge on any atom is -0.351 e. The van der Waals surface area contributed by atoms with Crippen molar-refractivity contribution >= 4 is 23.3 Å². The number of thiophene rings is 1. The fraction of sp³-hybridized carbons (Fsp3) is 0.600. The SMILES string of the molecule is NC(=O)N1CCC[C@H](C(=O)N2CCC[C@@H]2c2cccs2)C1. The van der Waals surface area contributed by atoms with E-state index in [1.807, 2.05) is 11.0 Å². The topological polar surface area (TPSA) is 66.6 Å². The molecule has 2 aliphatic rings. The lowest BCUT2D eigenvalue weighted by Gasteiger charge is -2.34. The highest BCUT2D eigenvalue weighted by atomic mass is 32.1. The molecule has 1 aromatic rings. The van der Waals surface area contributed by atoms with Gasteiger partial charge in [0.1, 0.15) is 0 Å². The van der Waals surface area contributed by atoms with Gasteiger partial charge in [0.2, 0.25) is 5.91 Å². The molecule has 2 fully saturated rings. The Bertz CT molecular complexity index is 517. The van der Waals surface area contributed by atoms with Crippen molar-refractivity contribution in [3.63, 3.8) is 0 Å². The van der Waals surface area contributed by atoms with E-state index in [0.717, 1.165) is 32.2 Å². The molecule has 3 amide bonds. The molecule has 5 nitrogen and oxygen atoms in total. The Morgan fingerprint density at radius 2 is 2.05 bits per heavy atom. The van der Waals surface area contributed by atoms with E-state index in [9.17, 15) is 9.59 Å². The van der Waals surface area contributed by atoms with Gasteiger partial charge < -0.3 is 15.5 Å². The maximum atomic E-state index is 12.8. The van der Waals surface area contributed by atoms with Crippen LogP contribution in [-0.4, -0.2) is 41.4 Å². The third-order valence-corrected chi connectivity index (χ3v) is 5.46. The highest BCUT2D eigenvalue weighted by molar-refractivity contribution is 7.10. The highest BCUT2D eigenvalue weighted by Crippen LogP contribution is 2.36. The number of hydrogen-bond donors (Lipinski definition) is 1. The molecule has 2 aliphatic heterocycles. The lowest BCUT2D eigenvalue weighted by molar-refractivity contribution is -0.137. The summed E-state index contributed by atoms with van der Waals surface area (Å²) in [4.78, 5) is 29.0. The van der Waals surface area contributed by atoms with Crippen molar-refractivity contribution in [3.05, 3.63) is 22.4 Å². The molecule has 0 aliphatic carbocycles. The summed E-state index contributed by atoms with van der Waals surface area (Å²) in [6.07, 6.45) is 3.81. The average Bonchev–Trinajstić information content (AvgIpc) is 3.17. The van der Waals surface area contributed by atoms with Gasteiger partial charge in [0.15, 0.2) is 0 Å². The number of amides is 3. The van der Waals surface area contributed by atoms with Crippen molar-refractivity contribution in [2.45, 2.75) is 31.7 Å². The van der Waals surface area contributed by atoms with Gasteiger partial charge in [-0.05, 0) is 37.1 Å². The number of carbonyl (C=O) groups excluding carboxylic acids is 2. The summed E-state index contributed by atoms with van der Waals surface area (Å²) in [5, 5.41) is 2.06. The maximum absolute atomic E-state index is 12.8. The molecule has 6 heteroatoms. The Hall–Kier alpha value is -1.56. The molecule has 0 radical (unpaired) electrons. The zero-order valence-electron chi connectivity index (χ0n) is 12.0. The van der Waals surface area contributed by atoms with Gasteiger partial charge in [-0.3, -0.25) is 4.79 Å². The summed E-state index contributed by atoms with van der Waals surface area (Å²) in [6.45, 7) is 1.98. The van der Waals surface area contributed by atoms with Crippen molar-refractivity contribution in [1.82, 2.24) is 9.80 Å². The summed E-state index contributed by atoms with van der Waals surface area (Å²) < 4.78 is 0. The lowest BCUT2D eigenvalue weighted by Crippen LogP contribution is -2.48. The number of rotatable bonds is 2. The molecule has 2 saturated heterocycles.